The van der Waals surface area contributed by atoms with E-state index in [-0.39, 0.29) is 11.8 Å². The molecule has 0 bridgehead atoms. The average Bonchev–Trinajstić information content (AvgIpc) is 2.83. The Morgan fingerprint density at radius 3 is 2.62 bits per heavy atom. The Balaban J connectivity index is 1.32. The lowest BCUT2D eigenvalue weighted by Gasteiger charge is -2.32. The summed E-state index contributed by atoms with van der Waals surface area (Å²) in [6.45, 7) is 4.97. The van der Waals surface area contributed by atoms with Gasteiger partial charge in [-0.25, -0.2) is 4.98 Å². The smallest absolute Gasteiger partial charge is 0.228 e. The van der Waals surface area contributed by atoms with Crippen molar-refractivity contribution in [2.45, 2.75) is 26.3 Å². The van der Waals surface area contributed by atoms with Crippen LogP contribution in [-0.2, 0) is 11.3 Å². The van der Waals surface area contributed by atoms with Crippen molar-refractivity contribution < 1.29 is 14.3 Å². The number of anilines is 1. The van der Waals surface area contributed by atoms with Crippen LogP contribution in [0.1, 0.15) is 25.3 Å². The van der Waals surface area contributed by atoms with E-state index in [1.54, 1.807) is 6.20 Å². The van der Waals surface area contributed by atoms with E-state index < -0.39 is 0 Å². The number of piperidine rings is 1. The Kier molecular flexibility index (Phi) is 7.35. The SMILES string of the molecule is CCOc1ncccc1CN1CCCC(C(=O)Nc2ccc(Oc3ccccc3)cc2)C1. The molecule has 1 fully saturated rings. The zero-order valence-corrected chi connectivity index (χ0v) is 18.4. The molecule has 0 saturated carbocycles. The molecule has 4 rings (SSSR count). The Morgan fingerprint density at radius 1 is 1.06 bits per heavy atom. The average molecular weight is 432 g/mol. The van der Waals surface area contributed by atoms with Crippen LogP contribution in [0, 0.1) is 5.92 Å². The van der Waals surface area contributed by atoms with Crippen LogP contribution in [0.2, 0.25) is 0 Å². The summed E-state index contributed by atoms with van der Waals surface area (Å²) in [5, 5.41) is 3.06. The number of benzene rings is 2. The van der Waals surface area contributed by atoms with Crippen LogP contribution in [-0.4, -0.2) is 35.5 Å². The zero-order chi connectivity index (χ0) is 22.2. The molecular formula is C26H29N3O3. The molecule has 1 atom stereocenters. The Morgan fingerprint density at radius 2 is 1.84 bits per heavy atom. The van der Waals surface area contributed by atoms with Gasteiger partial charge in [0.05, 0.1) is 12.5 Å². The second kappa shape index (κ2) is 10.8. The summed E-state index contributed by atoms with van der Waals surface area (Å²) in [6.07, 6.45) is 3.63. The van der Waals surface area contributed by atoms with Gasteiger partial charge in [0.1, 0.15) is 11.5 Å². The van der Waals surface area contributed by atoms with Crippen LogP contribution in [0.3, 0.4) is 0 Å². The quantitative estimate of drug-likeness (QED) is 0.536. The highest BCUT2D eigenvalue weighted by Gasteiger charge is 2.26. The zero-order valence-electron chi connectivity index (χ0n) is 18.4. The molecule has 32 heavy (non-hydrogen) atoms. The van der Waals surface area contributed by atoms with Gasteiger partial charge < -0.3 is 14.8 Å². The maximum atomic E-state index is 12.9. The molecule has 1 N–H and O–H groups in total. The van der Waals surface area contributed by atoms with Crippen LogP contribution in [0.15, 0.2) is 72.9 Å². The molecule has 0 radical (unpaired) electrons. The van der Waals surface area contributed by atoms with E-state index in [0.29, 0.717) is 12.5 Å². The second-order valence-corrected chi connectivity index (χ2v) is 7.90. The first-order valence-corrected chi connectivity index (χ1v) is 11.1. The fourth-order valence-corrected chi connectivity index (χ4v) is 3.94. The molecule has 166 valence electrons. The first-order valence-electron chi connectivity index (χ1n) is 11.1. The summed E-state index contributed by atoms with van der Waals surface area (Å²) < 4.78 is 11.5. The molecule has 0 aliphatic carbocycles. The van der Waals surface area contributed by atoms with Crippen molar-refractivity contribution in [1.29, 1.82) is 0 Å². The lowest BCUT2D eigenvalue weighted by atomic mass is 9.96. The van der Waals surface area contributed by atoms with E-state index in [9.17, 15) is 4.79 Å². The number of nitrogens with zero attached hydrogens (tertiary/aromatic N) is 2. The summed E-state index contributed by atoms with van der Waals surface area (Å²) in [7, 11) is 0. The van der Waals surface area contributed by atoms with Crippen molar-refractivity contribution in [3.05, 3.63) is 78.5 Å². The number of aromatic nitrogens is 1. The number of amides is 1. The maximum Gasteiger partial charge on any atom is 0.228 e. The van der Waals surface area contributed by atoms with E-state index in [0.717, 1.165) is 55.2 Å². The van der Waals surface area contributed by atoms with Gasteiger partial charge in [-0.15, -0.1) is 0 Å². The minimum atomic E-state index is -0.0452. The van der Waals surface area contributed by atoms with Crippen molar-refractivity contribution in [2.75, 3.05) is 25.0 Å². The molecule has 1 saturated heterocycles. The molecule has 6 heteroatoms. The van der Waals surface area contributed by atoms with Crippen LogP contribution >= 0.6 is 0 Å². The predicted molar refractivity (Wildman–Crippen MR) is 125 cm³/mol. The number of pyridine rings is 1. The second-order valence-electron chi connectivity index (χ2n) is 7.90. The van der Waals surface area contributed by atoms with Crippen molar-refractivity contribution in [2.24, 2.45) is 5.92 Å². The highest BCUT2D eigenvalue weighted by atomic mass is 16.5. The topological polar surface area (TPSA) is 63.7 Å². The first kappa shape index (κ1) is 21.8. The van der Waals surface area contributed by atoms with Gasteiger partial charge in [-0.3, -0.25) is 9.69 Å². The molecule has 1 aliphatic rings. The van der Waals surface area contributed by atoms with Crippen LogP contribution in [0.5, 0.6) is 17.4 Å². The van der Waals surface area contributed by atoms with Gasteiger partial charge in [0.15, 0.2) is 0 Å². The molecule has 1 aliphatic heterocycles. The maximum absolute atomic E-state index is 12.9. The molecule has 1 aromatic heterocycles. The van der Waals surface area contributed by atoms with Gasteiger partial charge in [-0.1, -0.05) is 24.3 Å². The molecule has 2 heterocycles. The summed E-state index contributed by atoms with van der Waals surface area (Å²) in [5.41, 5.74) is 1.84. The monoisotopic (exact) mass is 431 g/mol. The molecule has 1 amide bonds. The van der Waals surface area contributed by atoms with Gasteiger partial charge in [0.25, 0.3) is 0 Å². The summed E-state index contributed by atoms with van der Waals surface area (Å²) in [5.74, 6) is 2.21. The summed E-state index contributed by atoms with van der Waals surface area (Å²) in [4.78, 5) is 19.6. The molecule has 0 spiro atoms. The Labute approximate surface area is 189 Å². The minimum Gasteiger partial charge on any atom is -0.478 e. The number of para-hydroxylation sites is 1. The van der Waals surface area contributed by atoms with Crippen molar-refractivity contribution in [3.63, 3.8) is 0 Å². The Bertz CT molecular complexity index is 1010. The van der Waals surface area contributed by atoms with Crippen LogP contribution in [0.4, 0.5) is 5.69 Å². The van der Waals surface area contributed by atoms with Crippen molar-refractivity contribution >= 4 is 11.6 Å². The van der Waals surface area contributed by atoms with E-state index >= 15 is 0 Å². The first-order chi connectivity index (χ1) is 15.7. The van der Waals surface area contributed by atoms with Crippen molar-refractivity contribution in [1.82, 2.24) is 9.88 Å². The van der Waals surface area contributed by atoms with E-state index in [2.05, 4.69) is 15.2 Å². The highest BCUT2D eigenvalue weighted by molar-refractivity contribution is 5.92. The number of ether oxygens (including phenoxy) is 2. The van der Waals surface area contributed by atoms with E-state index in [1.165, 1.54) is 0 Å². The third-order valence-corrected chi connectivity index (χ3v) is 5.50. The molecule has 1 unspecified atom stereocenters. The van der Waals surface area contributed by atoms with Gasteiger partial charge in [-0.05, 0) is 68.8 Å². The minimum absolute atomic E-state index is 0.0452. The molecule has 6 nitrogen and oxygen atoms in total. The number of likely N-dealkylation sites (tertiary alicyclic amines) is 1. The fourth-order valence-electron chi connectivity index (χ4n) is 3.94. The number of carbonyl (C=O) groups is 1. The lowest BCUT2D eigenvalue weighted by Crippen LogP contribution is -2.40. The Hall–Kier alpha value is -3.38. The number of hydrogen-bond acceptors (Lipinski definition) is 5. The highest BCUT2D eigenvalue weighted by Crippen LogP contribution is 2.25. The van der Waals surface area contributed by atoms with E-state index in [1.807, 2.05) is 73.7 Å². The number of rotatable bonds is 8. The largest absolute Gasteiger partial charge is 0.478 e. The fraction of sp³-hybridized carbons (Fsp3) is 0.308. The molecule has 3 aromatic rings. The predicted octanol–water partition coefficient (Wildman–Crippen LogP) is 5.12. The number of nitrogens with one attached hydrogen (secondary N) is 1. The summed E-state index contributed by atoms with van der Waals surface area (Å²) >= 11 is 0. The van der Waals surface area contributed by atoms with Crippen molar-refractivity contribution in [3.8, 4) is 17.4 Å². The number of hydrogen-bond donors (Lipinski definition) is 1. The number of carbonyl (C=O) groups excluding carboxylic acids is 1. The normalized spacial score (nSPS) is 16.3. The van der Waals surface area contributed by atoms with Gasteiger partial charge in [0.2, 0.25) is 11.8 Å². The third-order valence-electron chi connectivity index (χ3n) is 5.50. The van der Waals surface area contributed by atoms with E-state index in [4.69, 9.17) is 9.47 Å². The van der Waals surface area contributed by atoms with Gasteiger partial charge in [-0.2, -0.15) is 0 Å². The third kappa shape index (κ3) is 5.86. The van der Waals surface area contributed by atoms with Crippen LogP contribution in [0.25, 0.3) is 0 Å². The van der Waals surface area contributed by atoms with Gasteiger partial charge >= 0.3 is 0 Å². The lowest BCUT2D eigenvalue weighted by molar-refractivity contribution is -0.121. The molecular weight excluding hydrogens is 402 g/mol. The van der Waals surface area contributed by atoms with Gasteiger partial charge in [0, 0.05) is 30.5 Å². The van der Waals surface area contributed by atoms with Crippen LogP contribution < -0.4 is 14.8 Å². The summed E-state index contributed by atoms with van der Waals surface area (Å²) in [6, 6.07) is 21.1. The molecule has 2 aromatic carbocycles. The standard InChI is InChI=1S/C26H29N3O3/c1-2-31-26-21(8-6-16-27-26)19-29-17-7-9-20(18-29)25(30)28-22-12-14-24(15-13-22)32-23-10-4-3-5-11-23/h3-6,8,10-16,20H,2,7,9,17-19H2,1H3,(H,28,30).